The van der Waals surface area contributed by atoms with E-state index < -0.39 is 18.0 Å². The molecule has 0 aliphatic carbocycles. The fraction of sp³-hybridized carbons (Fsp3) is 0.172. The molecular formula is C29H26O6. The predicted molar refractivity (Wildman–Crippen MR) is 133 cm³/mol. The summed E-state index contributed by atoms with van der Waals surface area (Å²) in [6.45, 7) is 0.0818. The lowest BCUT2D eigenvalue weighted by atomic mass is 10.0. The van der Waals surface area contributed by atoms with Crippen molar-refractivity contribution in [3.8, 4) is 11.5 Å². The first-order valence-corrected chi connectivity index (χ1v) is 11.2. The summed E-state index contributed by atoms with van der Waals surface area (Å²) in [6.07, 6.45) is -0.963. The maximum Gasteiger partial charge on any atom is 0.348 e. The van der Waals surface area contributed by atoms with Crippen LogP contribution in [0.1, 0.15) is 21.5 Å². The van der Waals surface area contributed by atoms with Gasteiger partial charge >= 0.3 is 11.9 Å². The van der Waals surface area contributed by atoms with Crippen molar-refractivity contribution in [3.05, 3.63) is 108 Å². The third-order valence-electron chi connectivity index (χ3n) is 5.56. The summed E-state index contributed by atoms with van der Waals surface area (Å²) in [5.41, 5.74) is 1.90. The van der Waals surface area contributed by atoms with Gasteiger partial charge in [-0.3, -0.25) is 0 Å². The highest BCUT2D eigenvalue weighted by molar-refractivity contribution is 5.92. The van der Waals surface area contributed by atoms with E-state index in [0.29, 0.717) is 11.5 Å². The van der Waals surface area contributed by atoms with Crippen LogP contribution in [0, 0.1) is 0 Å². The number of methoxy groups -OCH3 is 2. The van der Waals surface area contributed by atoms with E-state index >= 15 is 0 Å². The average molecular weight is 471 g/mol. The van der Waals surface area contributed by atoms with Gasteiger partial charge in [-0.2, -0.15) is 0 Å². The van der Waals surface area contributed by atoms with Crippen molar-refractivity contribution >= 4 is 22.7 Å². The van der Waals surface area contributed by atoms with Gasteiger partial charge in [0.25, 0.3) is 0 Å². The van der Waals surface area contributed by atoms with Crippen molar-refractivity contribution in [2.24, 2.45) is 0 Å². The zero-order valence-corrected chi connectivity index (χ0v) is 19.6. The highest BCUT2D eigenvalue weighted by atomic mass is 16.6. The molecule has 0 aliphatic heterocycles. The Hall–Kier alpha value is -4.32. The maximum atomic E-state index is 13.0. The molecular weight excluding hydrogens is 444 g/mol. The monoisotopic (exact) mass is 470 g/mol. The van der Waals surface area contributed by atoms with Crippen LogP contribution in [0.15, 0.2) is 91.0 Å². The van der Waals surface area contributed by atoms with Crippen molar-refractivity contribution < 1.29 is 28.5 Å². The molecule has 178 valence electrons. The summed E-state index contributed by atoms with van der Waals surface area (Å²) in [5, 5.41) is 2.12. The number of carbonyl (C=O) groups excluding carboxylic acids is 2. The van der Waals surface area contributed by atoms with E-state index in [2.05, 4.69) is 0 Å². The van der Waals surface area contributed by atoms with Crippen LogP contribution in [0.2, 0.25) is 0 Å². The van der Waals surface area contributed by atoms with Gasteiger partial charge in [-0.25, -0.2) is 9.59 Å². The molecule has 0 saturated heterocycles. The maximum absolute atomic E-state index is 13.0. The van der Waals surface area contributed by atoms with Crippen LogP contribution >= 0.6 is 0 Å². The molecule has 35 heavy (non-hydrogen) atoms. The Labute approximate surface area is 204 Å². The third-order valence-corrected chi connectivity index (χ3v) is 5.56. The number of esters is 2. The van der Waals surface area contributed by atoms with Crippen LogP contribution in [0.5, 0.6) is 11.5 Å². The largest absolute Gasteiger partial charge is 0.497 e. The zero-order valence-electron chi connectivity index (χ0n) is 19.6. The Bertz CT molecular complexity index is 1290. The minimum atomic E-state index is -1.13. The van der Waals surface area contributed by atoms with Crippen LogP contribution in [-0.4, -0.2) is 32.3 Å². The van der Waals surface area contributed by atoms with Crippen LogP contribution in [0.3, 0.4) is 0 Å². The van der Waals surface area contributed by atoms with Gasteiger partial charge in [-0.1, -0.05) is 72.8 Å². The number of carbonyl (C=O) groups is 2. The van der Waals surface area contributed by atoms with Crippen LogP contribution < -0.4 is 9.47 Å². The molecule has 1 atom stereocenters. The number of rotatable bonds is 9. The van der Waals surface area contributed by atoms with Gasteiger partial charge in [0.2, 0.25) is 6.10 Å². The molecule has 0 fully saturated rings. The zero-order chi connectivity index (χ0) is 24.6. The summed E-state index contributed by atoms with van der Waals surface area (Å²) >= 11 is 0. The lowest BCUT2D eigenvalue weighted by molar-refractivity contribution is -0.155. The molecule has 4 rings (SSSR count). The van der Waals surface area contributed by atoms with Crippen molar-refractivity contribution in [1.82, 2.24) is 0 Å². The normalized spacial score (nSPS) is 11.5. The molecule has 4 aromatic rings. The molecule has 0 bridgehead atoms. The Morgan fingerprint density at radius 2 is 1.37 bits per heavy atom. The van der Waals surface area contributed by atoms with E-state index in [-0.39, 0.29) is 18.6 Å². The third kappa shape index (κ3) is 6.18. The summed E-state index contributed by atoms with van der Waals surface area (Å²) < 4.78 is 21.7. The highest BCUT2D eigenvalue weighted by Crippen LogP contribution is 2.24. The highest BCUT2D eigenvalue weighted by Gasteiger charge is 2.26. The second-order valence-corrected chi connectivity index (χ2v) is 7.97. The van der Waals surface area contributed by atoms with Gasteiger partial charge in [0, 0.05) is 12.5 Å². The topological polar surface area (TPSA) is 71.1 Å². The number of ether oxygens (including phenoxy) is 4. The second-order valence-electron chi connectivity index (χ2n) is 7.97. The quantitative estimate of drug-likeness (QED) is 0.306. The first-order chi connectivity index (χ1) is 17.1. The molecule has 0 heterocycles. The predicted octanol–water partition coefficient (Wildman–Crippen LogP) is 5.37. The van der Waals surface area contributed by atoms with Crippen LogP contribution in [0.25, 0.3) is 10.8 Å². The summed E-state index contributed by atoms with van der Waals surface area (Å²) in [7, 11) is 2.99. The molecule has 0 unspecified atom stereocenters. The lowest BCUT2D eigenvalue weighted by Gasteiger charge is -2.18. The van der Waals surface area contributed by atoms with Gasteiger partial charge < -0.3 is 18.9 Å². The van der Waals surface area contributed by atoms with E-state index in [4.69, 9.17) is 18.9 Å². The van der Waals surface area contributed by atoms with Crippen molar-refractivity contribution in [3.63, 3.8) is 0 Å². The van der Waals surface area contributed by atoms with Crippen molar-refractivity contribution in [2.45, 2.75) is 19.1 Å². The Morgan fingerprint density at radius 1 is 0.714 bits per heavy atom. The van der Waals surface area contributed by atoms with Gasteiger partial charge in [-0.05, 0) is 34.0 Å². The minimum Gasteiger partial charge on any atom is -0.497 e. The van der Waals surface area contributed by atoms with Crippen LogP contribution in [0.4, 0.5) is 0 Å². The lowest BCUT2D eigenvalue weighted by Crippen LogP contribution is -2.31. The Balaban J connectivity index is 1.57. The van der Waals surface area contributed by atoms with E-state index in [1.165, 1.54) is 26.4 Å². The van der Waals surface area contributed by atoms with Gasteiger partial charge in [0.15, 0.2) is 0 Å². The van der Waals surface area contributed by atoms with Crippen LogP contribution in [-0.2, 0) is 27.3 Å². The molecule has 0 N–H and O–H groups in total. The standard InChI is InChI=1S/C29H26O6/c1-32-25-16-24(17-26(18-25)33-2)28(30)35-27(29(31)34-19-20-8-4-3-5-9-20)15-21-12-13-22-10-6-7-11-23(22)14-21/h3-14,16-18,27H,15,19H2,1-2H3/t27-/m1/s1. The number of fused-ring (bicyclic) bond motifs is 1. The Morgan fingerprint density at radius 3 is 2.06 bits per heavy atom. The van der Waals surface area contributed by atoms with Crippen molar-refractivity contribution in [1.29, 1.82) is 0 Å². The van der Waals surface area contributed by atoms with Gasteiger partial charge in [0.1, 0.15) is 18.1 Å². The van der Waals surface area contributed by atoms with E-state index in [0.717, 1.165) is 21.9 Å². The minimum absolute atomic E-state index is 0.0818. The fourth-order valence-corrected chi connectivity index (χ4v) is 3.70. The molecule has 0 aliphatic rings. The molecule has 4 aromatic carbocycles. The SMILES string of the molecule is COc1cc(OC)cc(C(=O)O[C@H](Cc2ccc3ccccc3c2)C(=O)OCc2ccccc2)c1. The first kappa shape index (κ1) is 23.8. The molecule has 0 spiro atoms. The Kier molecular flexibility index (Phi) is 7.63. The molecule has 6 heteroatoms. The summed E-state index contributed by atoms with van der Waals surface area (Å²) in [4.78, 5) is 26.1. The van der Waals surface area contributed by atoms with Crippen molar-refractivity contribution in [2.75, 3.05) is 14.2 Å². The number of benzene rings is 4. The van der Waals surface area contributed by atoms with Gasteiger partial charge in [0.05, 0.1) is 19.8 Å². The van der Waals surface area contributed by atoms with Gasteiger partial charge in [-0.15, -0.1) is 0 Å². The number of hydrogen-bond donors (Lipinski definition) is 0. The molecule has 0 saturated carbocycles. The first-order valence-electron chi connectivity index (χ1n) is 11.2. The summed E-state index contributed by atoms with van der Waals surface area (Å²) in [6, 6.07) is 27.9. The molecule has 6 nitrogen and oxygen atoms in total. The fourth-order valence-electron chi connectivity index (χ4n) is 3.70. The number of hydrogen-bond acceptors (Lipinski definition) is 6. The molecule has 0 radical (unpaired) electrons. The van der Waals surface area contributed by atoms with E-state index in [9.17, 15) is 9.59 Å². The average Bonchev–Trinajstić information content (AvgIpc) is 2.91. The smallest absolute Gasteiger partial charge is 0.348 e. The molecule has 0 aromatic heterocycles. The second kappa shape index (κ2) is 11.2. The molecule has 0 amide bonds. The van der Waals surface area contributed by atoms with E-state index in [1.807, 2.05) is 72.8 Å². The summed E-state index contributed by atoms with van der Waals surface area (Å²) in [5.74, 6) is -0.419. The van der Waals surface area contributed by atoms with E-state index in [1.54, 1.807) is 6.07 Å².